The Labute approximate surface area is 130 Å². The molecule has 0 fully saturated rings. The largest absolute Gasteiger partial charge is 0.344 e. The number of nitrogens with one attached hydrogen (secondary N) is 1. The Morgan fingerprint density at radius 2 is 1.95 bits per heavy atom. The van der Waals surface area contributed by atoms with Gasteiger partial charge in [0.25, 0.3) is 5.91 Å². The monoisotopic (exact) mass is 355 g/mol. The molecule has 2 nitrogen and oxygen atoms in total. The number of benzene rings is 2. The number of carbonyl (C=O) groups is 1. The lowest BCUT2D eigenvalue weighted by Gasteiger charge is -2.17. The molecule has 0 aliphatic rings. The van der Waals surface area contributed by atoms with Gasteiger partial charge in [0.15, 0.2) is 0 Å². The van der Waals surface area contributed by atoms with Crippen LogP contribution in [0.5, 0.6) is 0 Å². The second kappa shape index (κ2) is 6.86. The normalized spacial score (nSPS) is 11.9. The van der Waals surface area contributed by atoms with Crippen LogP contribution in [0.15, 0.2) is 48.5 Å². The number of carbonyl (C=O) groups excluding carboxylic acids is 1. The Morgan fingerprint density at radius 1 is 1.25 bits per heavy atom. The second-order valence-corrected chi connectivity index (χ2v) is 5.30. The first-order chi connectivity index (χ1) is 9.61. The average molecular weight is 357 g/mol. The van der Waals surface area contributed by atoms with Crippen molar-refractivity contribution >= 4 is 33.4 Å². The van der Waals surface area contributed by atoms with E-state index >= 15 is 0 Å². The van der Waals surface area contributed by atoms with Crippen molar-refractivity contribution in [3.05, 3.63) is 70.5 Å². The van der Waals surface area contributed by atoms with Gasteiger partial charge in [-0.2, -0.15) is 0 Å². The Balaban J connectivity index is 2.20. The highest BCUT2D eigenvalue weighted by atomic mass is 79.9. The van der Waals surface area contributed by atoms with Crippen molar-refractivity contribution in [2.45, 2.75) is 6.04 Å². The molecule has 1 N–H and O–H groups in total. The zero-order valence-corrected chi connectivity index (χ0v) is 12.8. The van der Waals surface area contributed by atoms with Crippen LogP contribution in [0.2, 0.25) is 5.02 Å². The summed E-state index contributed by atoms with van der Waals surface area (Å²) < 4.78 is 13.6. The molecular formula is C15H12BrClFNO. The topological polar surface area (TPSA) is 29.1 Å². The van der Waals surface area contributed by atoms with Gasteiger partial charge in [0.2, 0.25) is 0 Å². The molecule has 1 amide bonds. The molecule has 2 aromatic rings. The van der Waals surface area contributed by atoms with Crippen molar-refractivity contribution in [3.8, 4) is 0 Å². The summed E-state index contributed by atoms with van der Waals surface area (Å²) in [5.41, 5.74) is 0.888. The summed E-state index contributed by atoms with van der Waals surface area (Å²) in [4.78, 5) is 12.1. The van der Waals surface area contributed by atoms with Gasteiger partial charge in [0.05, 0.1) is 11.6 Å². The van der Waals surface area contributed by atoms with Crippen LogP contribution in [0.1, 0.15) is 22.0 Å². The third-order valence-electron chi connectivity index (χ3n) is 2.83. The van der Waals surface area contributed by atoms with E-state index in [2.05, 4.69) is 21.2 Å². The maximum absolute atomic E-state index is 13.6. The van der Waals surface area contributed by atoms with Gasteiger partial charge in [0.1, 0.15) is 5.82 Å². The lowest BCUT2D eigenvalue weighted by atomic mass is 10.1. The standard InChI is InChI=1S/C15H12BrClFNO/c16-9-14(10-4-2-1-3-5-10)19-15(20)12-8-11(17)6-7-13(12)18/h1-8,14H,9H2,(H,19,20). The number of rotatable bonds is 4. The first-order valence-electron chi connectivity index (χ1n) is 5.98. The zero-order chi connectivity index (χ0) is 14.5. The van der Waals surface area contributed by atoms with Gasteiger partial charge in [-0.1, -0.05) is 57.9 Å². The fourth-order valence-corrected chi connectivity index (χ4v) is 2.51. The van der Waals surface area contributed by atoms with Gasteiger partial charge in [-0.3, -0.25) is 4.79 Å². The predicted molar refractivity (Wildman–Crippen MR) is 81.9 cm³/mol. The highest BCUT2D eigenvalue weighted by Crippen LogP contribution is 2.18. The maximum atomic E-state index is 13.6. The van der Waals surface area contributed by atoms with Gasteiger partial charge in [0, 0.05) is 10.4 Å². The van der Waals surface area contributed by atoms with Crippen LogP contribution in [0, 0.1) is 5.82 Å². The summed E-state index contributed by atoms with van der Waals surface area (Å²) in [7, 11) is 0. The van der Waals surface area contributed by atoms with E-state index in [-0.39, 0.29) is 11.6 Å². The molecule has 1 unspecified atom stereocenters. The number of alkyl halides is 1. The first kappa shape index (κ1) is 15.0. The fourth-order valence-electron chi connectivity index (χ4n) is 1.80. The lowest BCUT2D eigenvalue weighted by molar-refractivity contribution is 0.0936. The van der Waals surface area contributed by atoms with E-state index in [1.165, 1.54) is 18.2 Å². The van der Waals surface area contributed by atoms with Crippen molar-refractivity contribution < 1.29 is 9.18 Å². The van der Waals surface area contributed by atoms with Crippen molar-refractivity contribution in [2.75, 3.05) is 5.33 Å². The summed E-state index contributed by atoms with van der Waals surface area (Å²) in [5.74, 6) is -1.08. The predicted octanol–water partition coefficient (Wildman–Crippen LogP) is 4.35. The molecule has 20 heavy (non-hydrogen) atoms. The first-order valence-corrected chi connectivity index (χ1v) is 7.48. The molecule has 0 bridgehead atoms. The van der Waals surface area contributed by atoms with Crippen molar-refractivity contribution in [1.82, 2.24) is 5.32 Å². The average Bonchev–Trinajstić information content (AvgIpc) is 2.48. The molecule has 0 spiro atoms. The van der Waals surface area contributed by atoms with Crippen LogP contribution in [0.25, 0.3) is 0 Å². The number of halogens is 3. The molecule has 0 saturated heterocycles. The van der Waals surface area contributed by atoms with Gasteiger partial charge in [-0.15, -0.1) is 0 Å². The molecular weight excluding hydrogens is 345 g/mol. The van der Waals surface area contributed by atoms with Crippen LogP contribution in [-0.4, -0.2) is 11.2 Å². The summed E-state index contributed by atoms with van der Waals surface area (Å²) in [5, 5.41) is 3.64. The number of hydrogen-bond acceptors (Lipinski definition) is 1. The van der Waals surface area contributed by atoms with E-state index < -0.39 is 11.7 Å². The molecule has 0 aromatic heterocycles. The molecule has 2 rings (SSSR count). The quantitative estimate of drug-likeness (QED) is 0.811. The molecule has 0 radical (unpaired) electrons. The van der Waals surface area contributed by atoms with E-state index in [1.807, 2.05) is 30.3 Å². The summed E-state index contributed by atoms with van der Waals surface area (Å²) in [6.45, 7) is 0. The Hall–Kier alpha value is -1.39. The SMILES string of the molecule is O=C(NC(CBr)c1ccccc1)c1cc(Cl)ccc1F. The lowest BCUT2D eigenvalue weighted by Crippen LogP contribution is -2.30. The number of hydrogen-bond donors (Lipinski definition) is 1. The van der Waals surface area contributed by atoms with Gasteiger partial charge < -0.3 is 5.32 Å². The highest BCUT2D eigenvalue weighted by molar-refractivity contribution is 9.09. The second-order valence-electron chi connectivity index (χ2n) is 4.22. The van der Waals surface area contributed by atoms with Gasteiger partial charge in [-0.05, 0) is 23.8 Å². The van der Waals surface area contributed by atoms with E-state index in [4.69, 9.17) is 11.6 Å². The Morgan fingerprint density at radius 3 is 2.60 bits per heavy atom. The third kappa shape index (κ3) is 3.58. The summed E-state index contributed by atoms with van der Waals surface area (Å²) in [6.07, 6.45) is 0. The molecule has 0 aliphatic carbocycles. The minimum Gasteiger partial charge on any atom is -0.344 e. The number of amides is 1. The van der Waals surface area contributed by atoms with Gasteiger partial charge >= 0.3 is 0 Å². The van der Waals surface area contributed by atoms with Gasteiger partial charge in [-0.25, -0.2) is 4.39 Å². The van der Waals surface area contributed by atoms with Crippen LogP contribution >= 0.6 is 27.5 Å². The van der Waals surface area contributed by atoms with E-state index in [0.29, 0.717) is 10.4 Å². The molecule has 104 valence electrons. The van der Waals surface area contributed by atoms with E-state index in [1.54, 1.807) is 0 Å². The molecule has 5 heteroatoms. The zero-order valence-electron chi connectivity index (χ0n) is 10.4. The minimum atomic E-state index is -0.590. The molecule has 2 aromatic carbocycles. The molecule has 0 saturated carbocycles. The highest BCUT2D eigenvalue weighted by Gasteiger charge is 2.17. The van der Waals surface area contributed by atoms with Crippen LogP contribution in [0.3, 0.4) is 0 Å². The van der Waals surface area contributed by atoms with Crippen LogP contribution in [-0.2, 0) is 0 Å². The Bertz CT molecular complexity index is 606. The Kier molecular flexibility index (Phi) is 5.15. The molecule has 0 aliphatic heterocycles. The van der Waals surface area contributed by atoms with Crippen LogP contribution < -0.4 is 5.32 Å². The maximum Gasteiger partial charge on any atom is 0.254 e. The van der Waals surface area contributed by atoms with Crippen LogP contribution in [0.4, 0.5) is 4.39 Å². The fraction of sp³-hybridized carbons (Fsp3) is 0.133. The van der Waals surface area contributed by atoms with Crippen molar-refractivity contribution in [1.29, 1.82) is 0 Å². The summed E-state index contributed by atoms with van der Waals surface area (Å²) in [6, 6.07) is 13.2. The molecule has 1 atom stereocenters. The molecule has 0 heterocycles. The minimum absolute atomic E-state index is 0.0561. The third-order valence-corrected chi connectivity index (χ3v) is 3.72. The van der Waals surface area contributed by atoms with Crippen molar-refractivity contribution in [2.24, 2.45) is 0 Å². The summed E-state index contributed by atoms with van der Waals surface area (Å²) >= 11 is 9.14. The smallest absolute Gasteiger partial charge is 0.254 e. The van der Waals surface area contributed by atoms with E-state index in [0.717, 1.165) is 5.56 Å². The van der Waals surface area contributed by atoms with E-state index in [9.17, 15) is 9.18 Å². The van der Waals surface area contributed by atoms with Crippen molar-refractivity contribution in [3.63, 3.8) is 0 Å².